The van der Waals surface area contributed by atoms with Crippen LogP contribution in [0, 0.1) is 0 Å². The number of thioether (sulfide) groups is 1. The van der Waals surface area contributed by atoms with Gasteiger partial charge in [-0.05, 0) is 80.2 Å². The first-order valence-electron chi connectivity index (χ1n) is 11.2. The highest BCUT2D eigenvalue weighted by molar-refractivity contribution is 8.18. The molecule has 1 aromatic carbocycles. The maximum Gasteiger partial charge on any atom is 0.573 e. The number of carbonyl (C=O) groups is 2. The number of nitrogens with zero attached hydrogens (tertiary/aromatic N) is 2. The minimum Gasteiger partial charge on any atom is -0.406 e. The molecule has 3 N–H and O–H groups in total. The second-order valence-corrected chi connectivity index (χ2v) is 9.26. The van der Waals surface area contributed by atoms with Crippen LogP contribution in [0.5, 0.6) is 5.75 Å². The normalized spacial score (nSPS) is 21.7. The van der Waals surface area contributed by atoms with Crippen LogP contribution in [0.3, 0.4) is 0 Å². The van der Waals surface area contributed by atoms with Crippen LogP contribution in [0.25, 0.3) is 6.08 Å². The van der Waals surface area contributed by atoms with Gasteiger partial charge in [-0.1, -0.05) is 12.1 Å². The zero-order valence-corrected chi connectivity index (χ0v) is 19.4. The Morgan fingerprint density at radius 1 is 1.09 bits per heavy atom. The molecule has 1 aromatic heterocycles. The fraction of sp³-hybridized carbons (Fsp3) is 0.391. The molecule has 2 aliphatic rings. The van der Waals surface area contributed by atoms with Crippen molar-refractivity contribution >= 4 is 34.9 Å². The van der Waals surface area contributed by atoms with Crippen molar-refractivity contribution in [3.63, 3.8) is 0 Å². The first kappa shape index (κ1) is 25.0. The first-order chi connectivity index (χ1) is 16.7. The van der Waals surface area contributed by atoms with Gasteiger partial charge in [-0.2, -0.15) is 0 Å². The van der Waals surface area contributed by atoms with Crippen molar-refractivity contribution in [1.29, 1.82) is 0 Å². The standard InChI is InChI=1S/C23H24F3N5O3S/c24-23(25,26)34-18-7-1-14(2-8-18)9-11-27-15-3-5-16(6-4-15)29-21-28-12-10-17(30-21)13-19-20(32)31-22(33)35-19/h1-2,7-8,10,12-13,15-16,27H,3-6,9,11H2,(H,28,29,30)(H,31,32,33). The van der Waals surface area contributed by atoms with Crippen molar-refractivity contribution in [2.24, 2.45) is 0 Å². The van der Waals surface area contributed by atoms with E-state index >= 15 is 0 Å². The Balaban J connectivity index is 1.19. The van der Waals surface area contributed by atoms with Gasteiger partial charge in [0.05, 0.1) is 10.6 Å². The monoisotopic (exact) mass is 507 g/mol. The van der Waals surface area contributed by atoms with Crippen molar-refractivity contribution in [3.8, 4) is 5.75 Å². The number of amides is 2. The highest BCUT2D eigenvalue weighted by Gasteiger charge is 2.31. The molecule has 2 amide bonds. The van der Waals surface area contributed by atoms with Crippen molar-refractivity contribution in [1.82, 2.24) is 20.6 Å². The second-order valence-electron chi connectivity index (χ2n) is 8.25. The largest absolute Gasteiger partial charge is 0.573 e. The number of carbonyl (C=O) groups excluding carboxylic acids is 2. The lowest BCUT2D eigenvalue weighted by Crippen LogP contribution is -2.38. The van der Waals surface area contributed by atoms with Crippen LogP contribution in [-0.2, 0) is 11.2 Å². The zero-order chi connectivity index (χ0) is 24.8. The summed E-state index contributed by atoms with van der Waals surface area (Å²) in [7, 11) is 0. The molecule has 12 heteroatoms. The Kier molecular flexibility index (Phi) is 7.91. The molecule has 0 spiro atoms. The predicted molar refractivity (Wildman–Crippen MR) is 126 cm³/mol. The molecule has 4 rings (SSSR count). The summed E-state index contributed by atoms with van der Waals surface area (Å²) in [6.45, 7) is 0.732. The lowest BCUT2D eigenvalue weighted by atomic mass is 9.91. The summed E-state index contributed by atoms with van der Waals surface area (Å²) in [5.41, 5.74) is 1.48. The maximum atomic E-state index is 12.2. The number of imide groups is 1. The van der Waals surface area contributed by atoms with E-state index in [1.54, 1.807) is 30.5 Å². The SMILES string of the molecule is O=C1NC(=O)C(=Cc2ccnc(NC3CCC(NCCc4ccc(OC(F)(F)F)cc4)CC3)n2)S1. The molecule has 186 valence electrons. The molecule has 0 bridgehead atoms. The lowest BCUT2D eigenvalue weighted by Gasteiger charge is -2.29. The van der Waals surface area contributed by atoms with Crippen LogP contribution in [0.1, 0.15) is 36.9 Å². The van der Waals surface area contributed by atoms with E-state index in [4.69, 9.17) is 0 Å². The molecular weight excluding hydrogens is 483 g/mol. The summed E-state index contributed by atoms with van der Waals surface area (Å²) in [5.74, 6) is -0.168. The van der Waals surface area contributed by atoms with Crippen LogP contribution in [0.2, 0.25) is 0 Å². The lowest BCUT2D eigenvalue weighted by molar-refractivity contribution is -0.274. The Bertz CT molecular complexity index is 1090. The first-order valence-corrected chi connectivity index (χ1v) is 12.0. The minimum absolute atomic E-state index is 0.218. The minimum atomic E-state index is -4.68. The number of benzene rings is 1. The highest BCUT2D eigenvalue weighted by Crippen LogP contribution is 2.26. The number of anilines is 1. The van der Waals surface area contributed by atoms with E-state index in [-0.39, 0.29) is 11.8 Å². The van der Waals surface area contributed by atoms with Crippen molar-refractivity contribution < 1.29 is 27.5 Å². The van der Waals surface area contributed by atoms with Crippen molar-refractivity contribution in [2.75, 3.05) is 11.9 Å². The molecule has 8 nitrogen and oxygen atoms in total. The van der Waals surface area contributed by atoms with Crippen LogP contribution in [0.15, 0.2) is 41.4 Å². The van der Waals surface area contributed by atoms with Crippen LogP contribution < -0.4 is 20.7 Å². The van der Waals surface area contributed by atoms with E-state index in [9.17, 15) is 22.8 Å². The molecule has 1 aliphatic carbocycles. The molecule has 1 saturated heterocycles. The van der Waals surface area contributed by atoms with Gasteiger partial charge < -0.3 is 15.4 Å². The van der Waals surface area contributed by atoms with Crippen LogP contribution in [0.4, 0.5) is 23.9 Å². The third-order valence-corrected chi connectivity index (χ3v) is 6.47. The topological polar surface area (TPSA) is 105 Å². The maximum absolute atomic E-state index is 12.2. The quantitative estimate of drug-likeness (QED) is 0.456. The molecule has 2 aromatic rings. The Labute approximate surface area is 204 Å². The fourth-order valence-corrected chi connectivity index (χ4v) is 4.65. The number of hydrogen-bond donors (Lipinski definition) is 3. The van der Waals surface area contributed by atoms with E-state index in [0.717, 1.165) is 49.6 Å². The predicted octanol–water partition coefficient (Wildman–Crippen LogP) is 4.25. The Morgan fingerprint density at radius 2 is 1.80 bits per heavy atom. The van der Waals surface area contributed by atoms with Gasteiger partial charge >= 0.3 is 6.36 Å². The molecule has 0 unspecified atom stereocenters. The molecule has 1 aliphatic heterocycles. The van der Waals surface area contributed by atoms with Gasteiger partial charge in [-0.3, -0.25) is 14.9 Å². The molecule has 2 heterocycles. The van der Waals surface area contributed by atoms with Crippen LogP contribution in [-0.4, -0.2) is 46.1 Å². The zero-order valence-electron chi connectivity index (χ0n) is 18.6. The van der Waals surface area contributed by atoms with Crippen molar-refractivity contribution in [2.45, 2.75) is 50.6 Å². The molecule has 1 saturated carbocycles. The fourth-order valence-electron chi connectivity index (χ4n) is 3.98. The number of alkyl halides is 3. The molecule has 0 radical (unpaired) electrons. The van der Waals surface area contributed by atoms with Gasteiger partial charge in [0.1, 0.15) is 5.75 Å². The van der Waals surface area contributed by atoms with Gasteiger partial charge in [0.15, 0.2) is 0 Å². The Hall–Kier alpha value is -3.12. The van der Waals surface area contributed by atoms with Crippen molar-refractivity contribution in [3.05, 3.63) is 52.7 Å². The summed E-state index contributed by atoms with van der Waals surface area (Å²) in [5, 5.41) is 8.68. The highest BCUT2D eigenvalue weighted by atomic mass is 32.2. The number of hydrogen-bond acceptors (Lipinski definition) is 8. The molecule has 35 heavy (non-hydrogen) atoms. The van der Waals surface area contributed by atoms with Crippen LogP contribution >= 0.6 is 11.8 Å². The number of nitrogens with one attached hydrogen (secondary N) is 3. The van der Waals surface area contributed by atoms with E-state index in [1.807, 2.05) is 0 Å². The number of aromatic nitrogens is 2. The van der Waals surface area contributed by atoms with E-state index in [2.05, 4.69) is 30.7 Å². The third-order valence-electron chi connectivity index (χ3n) is 5.66. The number of ether oxygens (including phenoxy) is 1. The summed E-state index contributed by atoms with van der Waals surface area (Å²) < 4.78 is 40.6. The second kappa shape index (κ2) is 11.1. The molecule has 0 atom stereocenters. The molecular formula is C23H24F3N5O3S. The smallest absolute Gasteiger partial charge is 0.406 e. The molecule has 2 fully saturated rings. The average molecular weight is 508 g/mol. The van der Waals surface area contributed by atoms with Gasteiger partial charge in [-0.15, -0.1) is 13.2 Å². The Morgan fingerprint density at radius 3 is 2.46 bits per heavy atom. The summed E-state index contributed by atoms with van der Waals surface area (Å²) in [4.78, 5) is 32.0. The van der Waals surface area contributed by atoms with Gasteiger partial charge in [0.25, 0.3) is 11.1 Å². The summed E-state index contributed by atoms with van der Waals surface area (Å²) >= 11 is 0.845. The number of halogens is 3. The summed E-state index contributed by atoms with van der Waals surface area (Å²) in [6.07, 6.45) is 3.01. The van der Waals surface area contributed by atoms with Gasteiger partial charge in [-0.25, -0.2) is 9.97 Å². The van der Waals surface area contributed by atoms with E-state index in [1.165, 1.54) is 12.1 Å². The van der Waals surface area contributed by atoms with E-state index < -0.39 is 17.5 Å². The van der Waals surface area contributed by atoms with Gasteiger partial charge in [0, 0.05) is 18.3 Å². The summed E-state index contributed by atoms with van der Waals surface area (Å²) in [6, 6.07) is 8.21. The average Bonchev–Trinajstić information content (AvgIpc) is 3.12. The number of rotatable bonds is 8. The third kappa shape index (κ3) is 7.69. The van der Waals surface area contributed by atoms with E-state index in [0.29, 0.717) is 29.0 Å². The van der Waals surface area contributed by atoms with Gasteiger partial charge in [0.2, 0.25) is 5.95 Å².